The largest absolute Gasteiger partial charge is 0.314 e. The molecule has 0 saturated heterocycles. The zero-order chi connectivity index (χ0) is 13.2. The molecule has 0 bridgehead atoms. The highest BCUT2D eigenvalue weighted by Gasteiger charge is 2.47. The Labute approximate surface area is 108 Å². The predicted octanol–water partition coefficient (Wildman–Crippen LogP) is 3.68. The first-order valence-corrected chi connectivity index (χ1v) is 6.75. The van der Waals surface area contributed by atoms with Crippen molar-refractivity contribution in [2.45, 2.75) is 45.6 Å². The molecule has 100 valence electrons. The van der Waals surface area contributed by atoms with E-state index in [9.17, 15) is 8.78 Å². The van der Waals surface area contributed by atoms with Crippen LogP contribution in [0.5, 0.6) is 0 Å². The van der Waals surface area contributed by atoms with Gasteiger partial charge in [0.15, 0.2) is 11.6 Å². The molecule has 1 aromatic rings. The minimum absolute atomic E-state index is 0.129. The highest BCUT2D eigenvalue weighted by Crippen LogP contribution is 2.51. The molecule has 3 heteroatoms. The Morgan fingerprint density at radius 3 is 2.67 bits per heavy atom. The topological polar surface area (TPSA) is 12.0 Å². The van der Waals surface area contributed by atoms with Crippen molar-refractivity contribution in [3.05, 3.63) is 35.4 Å². The third-order valence-corrected chi connectivity index (χ3v) is 4.09. The molecule has 1 saturated carbocycles. The summed E-state index contributed by atoms with van der Waals surface area (Å²) < 4.78 is 26.9. The maximum atomic E-state index is 13.7. The van der Waals surface area contributed by atoms with Crippen LogP contribution in [-0.4, -0.2) is 12.6 Å². The minimum Gasteiger partial charge on any atom is -0.314 e. The highest BCUT2D eigenvalue weighted by atomic mass is 19.2. The van der Waals surface area contributed by atoms with Gasteiger partial charge in [-0.25, -0.2) is 8.78 Å². The van der Waals surface area contributed by atoms with Gasteiger partial charge in [-0.3, -0.25) is 0 Å². The Balaban J connectivity index is 2.06. The monoisotopic (exact) mass is 253 g/mol. The van der Waals surface area contributed by atoms with Crippen molar-refractivity contribution in [1.29, 1.82) is 0 Å². The molecule has 1 aliphatic rings. The third-order valence-electron chi connectivity index (χ3n) is 4.09. The molecule has 1 aromatic carbocycles. The van der Waals surface area contributed by atoms with E-state index < -0.39 is 11.6 Å². The minimum atomic E-state index is -0.738. The van der Waals surface area contributed by atoms with Crippen LogP contribution in [0.2, 0.25) is 0 Å². The second-order valence-electron chi connectivity index (χ2n) is 5.43. The average Bonchev–Trinajstić information content (AvgIpc) is 3.13. The Bertz CT molecular complexity index is 413. The van der Waals surface area contributed by atoms with Gasteiger partial charge in [-0.15, -0.1) is 0 Å². The van der Waals surface area contributed by atoms with Gasteiger partial charge >= 0.3 is 0 Å². The van der Waals surface area contributed by atoms with Crippen LogP contribution in [0.4, 0.5) is 8.78 Å². The summed E-state index contributed by atoms with van der Waals surface area (Å²) in [5, 5.41) is 3.47. The predicted molar refractivity (Wildman–Crippen MR) is 69.5 cm³/mol. The van der Waals surface area contributed by atoms with Crippen LogP contribution < -0.4 is 5.32 Å². The van der Waals surface area contributed by atoms with Crippen molar-refractivity contribution in [3.8, 4) is 0 Å². The van der Waals surface area contributed by atoms with Gasteiger partial charge in [0.05, 0.1) is 0 Å². The summed E-state index contributed by atoms with van der Waals surface area (Å²) in [6.07, 6.45) is 3.92. The fourth-order valence-corrected chi connectivity index (χ4v) is 2.57. The molecule has 0 heterocycles. The highest BCUT2D eigenvalue weighted by molar-refractivity contribution is 5.23. The van der Waals surface area contributed by atoms with Gasteiger partial charge in [-0.05, 0) is 56.2 Å². The lowest BCUT2D eigenvalue weighted by Gasteiger charge is -2.25. The van der Waals surface area contributed by atoms with Gasteiger partial charge in [0.2, 0.25) is 0 Å². The van der Waals surface area contributed by atoms with Crippen molar-refractivity contribution in [1.82, 2.24) is 5.32 Å². The summed E-state index contributed by atoms with van der Waals surface area (Å²) in [4.78, 5) is 0. The van der Waals surface area contributed by atoms with E-state index in [2.05, 4.69) is 19.2 Å². The summed E-state index contributed by atoms with van der Waals surface area (Å²) in [5.74, 6) is -1.41. The van der Waals surface area contributed by atoms with Crippen molar-refractivity contribution < 1.29 is 8.78 Å². The SMILES string of the molecule is CCCNC(C)C1(Cc2cccc(F)c2F)CC1. The van der Waals surface area contributed by atoms with Crippen molar-refractivity contribution >= 4 is 0 Å². The Hall–Kier alpha value is -0.960. The van der Waals surface area contributed by atoms with E-state index in [4.69, 9.17) is 0 Å². The molecule has 1 atom stereocenters. The number of halogens is 2. The summed E-state index contributed by atoms with van der Waals surface area (Å²) in [5.41, 5.74) is 0.640. The van der Waals surface area contributed by atoms with Crippen molar-refractivity contribution in [2.24, 2.45) is 5.41 Å². The van der Waals surface area contributed by atoms with Crippen LogP contribution in [0.15, 0.2) is 18.2 Å². The summed E-state index contributed by atoms with van der Waals surface area (Å²) in [7, 11) is 0. The second kappa shape index (κ2) is 5.35. The van der Waals surface area contributed by atoms with E-state index in [-0.39, 0.29) is 5.41 Å². The van der Waals surface area contributed by atoms with Gasteiger partial charge < -0.3 is 5.32 Å². The average molecular weight is 253 g/mol. The maximum absolute atomic E-state index is 13.7. The van der Waals surface area contributed by atoms with Crippen LogP contribution in [0.25, 0.3) is 0 Å². The molecule has 1 unspecified atom stereocenters. The maximum Gasteiger partial charge on any atom is 0.162 e. The van der Waals surface area contributed by atoms with Crippen LogP contribution in [0.3, 0.4) is 0 Å². The number of nitrogens with one attached hydrogen (secondary N) is 1. The molecule has 1 fully saturated rings. The van der Waals surface area contributed by atoms with E-state index in [0.29, 0.717) is 18.0 Å². The third kappa shape index (κ3) is 2.72. The fourth-order valence-electron chi connectivity index (χ4n) is 2.57. The van der Waals surface area contributed by atoms with E-state index in [0.717, 1.165) is 25.8 Å². The quantitative estimate of drug-likeness (QED) is 0.815. The van der Waals surface area contributed by atoms with Crippen LogP contribution >= 0.6 is 0 Å². The standard InChI is InChI=1S/C15H21F2N/c1-3-9-18-11(2)15(7-8-15)10-12-5-4-6-13(16)14(12)17/h4-6,11,18H,3,7-10H2,1-2H3. The smallest absolute Gasteiger partial charge is 0.162 e. The summed E-state index contributed by atoms with van der Waals surface area (Å²) >= 11 is 0. The molecule has 0 aliphatic heterocycles. The molecule has 0 spiro atoms. The molecule has 0 amide bonds. The van der Waals surface area contributed by atoms with Gasteiger partial charge in [0.25, 0.3) is 0 Å². The van der Waals surface area contributed by atoms with E-state index in [1.165, 1.54) is 6.07 Å². The number of hydrogen-bond acceptors (Lipinski definition) is 1. The lowest BCUT2D eigenvalue weighted by Crippen LogP contribution is -2.36. The number of benzene rings is 1. The Morgan fingerprint density at radius 1 is 1.33 bits per heavy atom. The Morgan fingerprint density at radius 2 is 2.06 bits per heavy atom. The van der Waals surface area contributed by atoms with Gasteiger partial charge in [0, 0.05) is 6.04 Å². The van der Waals surface area contributed by atoms with Gasteiger partial charge in [-0.1, -0.05) is 19.1 Å². The zero-order valence-corrected chi connectivity index (χ0v) is 11.1. The molecule has 1 nitrogen and oxygen atoms in total. The second-order valence-corrected chi connectivity index (χ2v) is 5.43. The van der Waals surface area contributed by atoms with Crippen LogP contribution in [0.1, 0.15) is 38.7 Å². The molecule has 0 radical (unpaired) electrons. The lowest BCUT2D eigenvalue weighted by atomic mass is 9.89. The molecular formula is C15H21F2N. The number of rotatable bonds is 6. The van der Waals surface area contributed by atoms with Gasteiger partial charge in [-0.2, -0.15) is 0 Å². The van der Waals surface area contributed by atoms with E-state index in [1.54, 1.807) is 12.1 Å². The molecule has 0 aromatic heterocycles. The van der Waals surface area contributed by atoms with Gasteiger partial charge in [0.1, 0.15) is 0 Å². The first kappa shape index (κ1) is 13.5. The molecule has 18 heavy (non-hydrogen) atoms. The normalized spacial score (nSPS) is 18.7. The number of hydrogen-bond donors (Lipinski definition) is 1. The molecule has 2 rings (SSSR count). The summed E-state index contributed by atoms with van der Waals surface area (Å²) in [6.45, 7) is 5.26. The first-order chi connectivity index (χ1) is 8.59. The van der Waals surface area contributed by atoms with E-state index in [1.807, 2.05) is 0 Å². The van der Waals surface area contributed by atoms with Crippen LogP contribution in [-0.2, 0) is 6.42 Å². The van der Waals surface area contributed by atoms with Crippen molar-refractivity contribution in [2.75, 3.05) is 6.54 Å². The van der Waals surface area contributed by atoms with Crippen molar-refractivity contribution in [3.63, 3.8) is 0 Å². The lowest BCUT2D eigenvalue weighted by molar-refractivity contribution is 0.344. The van der Waals surface area contributed by atoms with E-state index >= 15 is 0 Å². The fraction of sp³-hybridized carbons (Fsp3) is 0.600. The zero-order valence-electron chi connectivity index (χ0n) is 11.1. The van der Waals surface area contributed by atoms with Crippen LogP contribution in [0, 0.1) is 17.0 Å². The molecular weight excluding hydrogens is 232 g/mol. The molecule has 1 aliphatic carbocycles. The summed E-state index contributed by atoms with van der Waals surface area (Å²) in [6, 6.07) is 4.83. The first-order valence-electron chi connectivity index (χ1n) is 6.75. The molecule has 1 N–H and O–H groups in total. The Kier molecular flexibility index (Phi) is 4.00.